The van der Waals surface area contributed by atoms with Gasteiger partial charge in [0.2, 0.25) is 0 Å². The van der Waals surface area contributed by atoms with Gasteiger partial charge in [0.05, 0.1) is 11.1 Å². The van der Waals surface area contributed by atoms with Crippen molar-refractivity contribution >= 4 is 21.6 Å². The van der Waals surface area contributed by atoms with Crippen LogP contribution < -0.4 is 16.0 Å². The summed E-state index contributed by atoms with van der Waals surface area (Å²) < 4.78 is 7.63. The maximum Gasteiger partial charge on any atom is 0.264 e. The number of nitrogen functional groups attached to an aromatic ring is 1. The fraction of sp³-hybridized carbons (Fsp3) is 0.267. The summed E-state index contributed by atoms with van der Waals surface area (Å²) in [6, 6.07) is 7.85. The Bertz CT molecular complexity index is 710. The molecule has 0 saturated carbocycles. The summed E-state index contributed by atoms with van der Waals surface area (Å²) in [6.45, 7) is 1.38. The Kier molecular flexibility index (Phi) is 3.53. The van der Waals surface area contributed by atoms with Crippen LogP contribution in [0.25, 0.3) is 0 Å². The summed E-state index contributed by atoms with van der Waals surface area (Å²) in [7, 11) is 0. The zero-order valence-corrected chi connectivity index (χ0v) is 12.5. The predicted octanol–water partition coefficient (Wildman–Crippen LogP) is 2.37. The highest BCUT2D eigenvalue weighted by Gasteiger charge is 2.12. The molecule has 0 saturated heterocycles. The van der Waals surface area contributed by atoms with E-state index in [1.165, 1.54) is 11.1 Å². The van der Waals surface area contributed by atoms with Gasteiger partial charge in [-0.2, -0.15) is 0 Å². The average Bonchev–Trinajstić information content (AvgIpc) is 2.88. The summed E-state index contributed by atoms with van der Waals surface area (Å²) in [4.78, 5) is 12.0. The first kappa shape index (κ1) is 13.2. The Hall–Kier alpha value is -1.75. The highest BCUT2D eigenvalue weighted by Crippen LogP contribution is 2.26. The number of hydrogen-bond acceptors (Lipinski definition) is 3. The maximum atomic E-state index is 12.0. The van der Waals surface area contributed by atoms with Gasteiger partial charge in [-0.05, 0) is 45.6 Å². The van der Waals surface area contributed by atoms with E-state index in [4.69, 9.17) is 10.5 Å². The van der Waals surface area contributed by atoms with Gasteiger partial charge in [-0.1, -0.05) is 12.1 Å². The summed E-state index contributed by atoms with van der Waals surface area (Å²) >= 11 is 3.23. The number of halogens is 1. The summed E-state index contributed by atoms with van der Waals surface area (Å²) in [5.74, 6) is 0.984. The van der Waals surface area contributed by atoms with E-state index in [1.807, 2.05) is 6.07 Å². The fourth-order valence-electron chi connectivity index (χ4n) is 2.43. The first-order chi connectivity index (χ1) is 9.63. The smallest absolute Gasteiger partial charge is 0.264 e. The van der Waals surface area contributed by atoms with Crippen molar-refractivity contribution in [1.29, 1.82) is 0 Å². The van der Waals surface area contributed by atoms with Crippen LogP contribution in [-0.4, -0.2) is 11.2 Å². The Morgan fingerprint density at radius 3 is 3.05 bits per heavy atom. The average molecular weight is 335 g/mol. The Labute approximate surface area is 125 Å². The van der Waals surface area contributed by atoms with Crippen LogP contribution in [0.1, 0.15) is 11.1 Å². The molecule has 2 heterocycles. The molecule has 0 atom stereocenters. The van der Waals surface area contributed by atoms with Gasteiger partial charge in [0.1, 0.15) is 5.75 Å². The topological polar surface area (TPSA) is 57.2 Å². The lowest BCUT2D eigenvalue weighted by Crippen LogP contribution is -2.21. The summed E-state index contributed by atoms with van der Waals surface area (Å²) in [5.41, 5.74) is 8.76. The predicted molar refractivity (Wildman–Crippen MR) is 82.2 cm³/mol. The Balaban J connectivity index is 1.78. The minimum absolute atomic E-state index is 0.0521. The number of hydrogen-bond donors (Lipinski definition) is 1. The molecule has 5 heteroatoms. The molecule has 0 radical (unpaired) electrons. The van der Waals surface area contributed by atoms with Crippen molar-refractivity contribution < 1.29 is 4.74 Å². The molecular formula is C15H15BrN2O2. The third-order valence-corrected chi connectivity index (χ3v) is 4.03. The molecule has 0 fully saturated rings. The van der Waals surface area contributed by atoms with Crippen LogP contribution >= 0.6 is 15.9 Å². The van der Waals surface area contributed by atoms with Crippen molar-refractivity contribution in [1.82, 2.24) is 4.57 Å². The molecule has 0 aliphatic carbocycles. The molecule has 20 heavy (non-hydrogen) atoms. The summed E-state index contributed by atoms with van der Waals surface area (Å²) in [5, 5.41) is 0. The lowest BCUT2D eigenvalue weighted by molar-refractivity contribution is 0.357. The van der Waals surface area contributed by atoms with Gasteiger partial charge >= 0.3 is 0 Å². The van der Waals surface area contributed by atoms with Crippen LogP contribution in [0.15, 0.2) is 39.7 Å². The van der Waals surface area contributed by atoms with E-state index in [0.717, 1.165) is 25.2 Å². The van der Waals surface area contributed by atoms with Crippen LogP contribution in [-0.2, 0) is 19.4 Å². The number of rotatable bonds is 3. The van der Waals surface area contributed by atoms with Gasteiger partial charge in [-0.15, -0.1) is 0 Å². The molecule has 0 unspecified atom stereocenters. The van der Waals surface area contributed by atoms with Crippen molar-refractivity contribution in [3.63, 3.8) is 0 Å². The zero-order chi connectivity index (χ0) is 14.1. The molecule has 1 aliphatic rings. The molecule has 3 rings (SSSR count). The van der Waals surface area contributed by atoms with Gasteiger partial charge < -0.3 is 15.0 Å². The van der Waals surface area contributed by atoms with Crippen LogP contribution in [0.4, 0.5) is 5.69 Å². The second kappa shape index (κ2) is 5.32. The van der Waals surface area contributed by atoms with Crippen LogP contribution in [0.5, 0.6) is 5.75 Å². The van der Waals surface area contributed by atoms with Gasteiger partial charge in [0, 0.05) is 24.8 Å². The van der Waals surface area contributed by atoms with E-state index >= 15 is 0 Å². The van der Waals surface area contributed by atoms with Gasteiger partial charge in [-0.3, -0.25) is 4.79 Å². The SMILES string of the molecule is Nc1cc(Br)c(=O)n(CCc2ccc3c(c2)CCO3)c1. The lowest BCUT2D eigenvalue weighted by atomic mass is 10.1. The van der Waals surface area contributed by atoms with E-state index in [2.05, 4.69) is 28.1 Å². The number of anilines is 1. The summed E-state index contributed by atoms with van der Waals surface area (Å²) in [6.07, 6.45) is 3.44. The van der Waals surface area contributed by atoms with Crippen LogP contribution in [0.3, 0.4) is 0 Å². The van der Waals surface area contributed by atoms with E-state index in [0.29, 0.717) is 16.7 Å². The number of benzene rings is 1. The molecule has 4 nitrogen and oxygen atoms in total. The third kappa shape index (κ3) is 2.58. The normalized spacial score (nSPS) is 13.1. The number of aromatic nitrogens is 1. The van der Waals surface area contributed by atoms with Crippen molar-refractivity contribution in [2.75, 3.05) is 12.3 Å². The Morgan fingerprint density at radius 1 is 1.35 bits per heavy atom. The second-order valence-electron chi connectivity index (χ2n) is 4.91. The van der Waals surface area contributed by atoms with E-state index < -0.39 is 0 Å². The molecule has 0 spiro atoms. The molecule has 104 valence electrons. The lowest BCUT2D eigenvalue weighted by Gasteiger charge is -2.08. The van der Waals surface area contributed by atoms with Crippen molar-refractivity contribution in [2.24, 2.45) is 0 Å². The fourth-order valence-corrected chi connectivity index (χ4v) is 2.92. The zero-order valence-electron chi connectivity index (χ0n) is 10.9. The number of ether oxygens (including phenoxy) is 1. The van der Waals surface area contributed by atoms with Crippen molar-refractivity contribution in [2.45, 2.75) is 19.4 Å². The van der Waals surface area contributed by atoms with Gasteiger partial charge in [0.15, 0.2) is 0 Å². The van der Waals surface area contributed by atoms with Gasteiger partial charge in [-0.25, -0.2) is 0 Å². The number of aryl methyl sites for hydroxylation is 2. The van der Waals surface area contributed by atoms with Crippen LogP contribution in [0.2, 0.25) is 0 Å². The molecular weight excluding hydrogens is 320 g/mol. The van der Waals surface area contributed by atoms with E-state index in [1.54, 1.807) is 16.8 Å². The first-order valence-electron chi connectivity index (χ1n) is 6.53. The molecule has 0 amide bonds. The van der Waals surface area contributed by atoms with Gasteiger partial charge in [0.25, 0.3) is 5.56 Å². The molecule has 2 N–H and O–H groups in total. The van der Waals surface area contributed by atoms with E-state index in [9.17, 15) is 4.79 Å². The Morgan fingerprint density at radius 2 is 2.20 bits per heavy atom. The third-order valence-electron chi connectivity index (χ3n) is 3.46. The maximum absolute atomic E-state index is 12.0. The largest absolute Gasteiger partial charge is 0.493 e. The molecule has 1 aromatic carbocycles. The number of fused-ring (bicyclic) bond motifs is 1. The number of nitrogens with two attached hydrogens (primary N) is 1. The van der Waals surface area contributed by atoms with Crippen LogP contribution in [0, 0.1) is 0 Å². The van der Waals surface area contributed by atoms with E-state index in [-0.39, 0.29) is 5.56 Å². The minimum Gasteiger partial charge on any atom is -0.493 e. The first-order valence-corrected chi connectivity index (χ1v) is 7.33. The molecule has 0 bridgehead atoms. The van der Waals surface area contributed by atoms with Crippen molar-refractivity contribution in [3.8, 4) is 5.75 Å². The standard InChI is InChI=1S/C15H15BrN2O2/c16-13-8-12(17)9-18(15(13)19)5-3-10-1-2-14-11(7-10)4-6-20-14/h1-2,7-9H,3-6,17H2. The highest BCUT2D eigenvalue weighted by molar-refractivity contribution is 9.10. The molecule has 2 aromatic rings. The monoisotopic (exact) mass is 334 g/mol. The molecule has 1 aromatic heterocycles. The minimum atomic E-state index is -0.0521. The number of pyridine rings is 1. The molecule has 1 aliphatic heterocycles. The number of nitrogens with zero attached hydrogens (tertiary/aromatic N) is 1. The quantitative estimate of drug-likeness (QED) is 0.937. The highest BCUT2D eigenvalue weighted by atomic mass is 79.9. The second-order valence-corrected chi connectivity index (χ2v) is 5.76. The van der Waals surface area contributed by atoms with Crippen molar-refractivity contribution in [3.05, 3.63) is 56.4 Å².